The van der Waals surface area contributed by atoms with E-state index in [1.807, 2.05) is 0 Å². The number of hydrogen-bond acceptors (Lipinski definition) is 2. The van der Waals surface area contributed by atoms with E-state index in [1.54, 1.807) is 12.1 Å². The number of Topliss-reactive ketones (excluding diaryl/α,β-unsaturated/α-hetero) is 1. The quantitative estimate of drug-likeness (QED) is 0.764. The molecule has 0 N–H and O–H groups in total. The Balaban J connectivity index is 1.92. The molecule has 0 saturated carbocycles. The average Bonchev–Trinajstić information content (AvgIpc) is 2.39. The van der Waals surface area contributed by atoms with Crippen LogP contribution in [0.4, 0.5) is 4.39 Å². The first-order valence-corrected chi connectivity index (χ1v) is 6.70. The summed E-state index contributed by atoms with van der Waals surface area (Å²) in [6.07, 6.45) is 2.89. The zero-order valence-corrected chi connectivity index (χ0v) is 10.9. The highest BCUT2D eigenvalue weighted by atomic mass is 19.1. The molecule has 98 valence electrons. The molecule has 1 saturated heterocycles. The van der Waals surface area contributed by atoms with Gasteiger partial charge in [-0.1, -0.05) is 6.92 Å². The van der Waals surface area contributed by atoms with Crippen molar-refractivity contribution in [3.05, 3.63) is 35.6 Å². The predicted molar refractivity (Wildman–Crippen MR) is 70.2 cm³/mol. The minimum atomic E-state index is -0.290. The molecular formula is C15H20FNO. The standard InChI is InChI=1S/C15H20FNO/c1-2-17-9-3-4-12(11-17)10-15(18)13-5-7-14(16)8-6-13/h5-8,12H,2-4,9-11H2,1H3. The number of benzene rings is 1. The van der Waals surface area contributed by atoms with Crippen LogP contribution in [0.2, 0.25) is 0 Å². The number of nitrogens with zero attached hydrogens (tertiary/aromatic N) is 1. The monoisotopic (exact) mass is 249 g/mol. The normalized spacial score (nSPS) is 20.9. The van der Waals surface area contributed by atoms with Gasteiger partial charge < -0.3 is 4.90 Å². The number of halogens is 1. The zero-order valence-electron chi connectivity index (χ0n) is 10.9. The second-order valence-electron chi connectivity index (χ2n) is 5.04. The first-order chi connectivity index (χ1) is 8.69. The van der Waals surface area contributed by atoms with Gasteiger partial charge >= 0.3 is 0 Å². The van der Waals surface area contributed by atoms with Crippen LogP contribution in [0.5, 0.6) is 0 Å². The summed E-state index contributed by atoms with van der Waals surface area (Å²) in [4.78, 5) is 14.5. The summed E-state index contributed by atoms with van der Waals surface area (Å²) in [7, 11) is 0. The fourth-order valence-electron chi connectivity index (χ4n) is 2.62. The maximum atomic E-state index is 12.8. The summed E-state index contributed by atoms with van der Waals surface area (Å²) in [6, 6.07) is 5.87. The summed E-state index contributed by atoms with van der Waals surface area (Å²) in [5.41, 5.74) is 0.630. The molecule has 1 atom stereocenters. The topological polar surface area (TPSA) is 20.3 Å². The minimum Gasteiger partial charge on any atom is -0.303 e. The number of carbonyl (C=O) groups excluding carboxylic acids is 1. The predicted octanol–water partition coefficient (Wildman–Crippen LogP) is 3.13. The van der Waals surface area contributed by atoms with Crippen molar-refractivity contribution >= 4 is 5.78 Å². The molecule has 1 aromatic rings. The highest BCUT2D eigenvalue weighted by Crippen LogP contribution is 2.21. The van der Waals surface area contributed by atoms with Crippen LogP contribution in [0.3, 0.4) is 0 Å². The van der Waals surface area contributed by atoms with Gasteiger partial charge in [0.05, 0.1) is 0 Å². The smallest absolute Gasteiger partial charge is 0.163 e. The minimum absolute atomic E-state index is 0.137. The average molecular weight is 249 g/mol. The lowest BCUT2D eigenvalue weighted by molar-refractivity contribution is 0.0920. The van der Waals surface area contributed by atoms with Crippen molar-refractivity contribution in [2.24, 2.45) is 5.92 Å². The number of piperidine rings is 1. The Bertz CT molecular complexity index is 401. The second-order valence-corrected chi connectivity index (χ2v) is 5.04. The van der Waals surface area contributed by atoms with Gasteiger partial charge in [-0.15, -0.1) is 0 Å². The molecule has 0 aromatic heterocycles. The van der Waals surface area contributed by atoms with Gasteiger partial charge in [-0.05, 0) is 56.1 Å². The van der Waals surface area contributed by atoms with E-state index < -0.39 is 0 Å². The van der Waals surface area contributed by atoms with Crippen LogP contribution in [0, 0.1) is 11.7 Å². The Kier molecular flexibility index (Phi) is 4.48. The Hall–Kier alpha value is -1.22. The van der Waals surface area contributed by atoms with Crippen LogP contribution in [0.25, 0.3) is 0 Å². The van der Waals surface area contributed by atoms with E-state index in [4.69, 9.17) is 0 Å². The summed E-state index contributed by atoms with van der Waals surface area (Å²) in [5, 5.41) is 0. The van der Waals surface area contributed by atoms with E-state index in [2.05, 4.69) is 11.8 Å². The highest BCUT2D eigenvalue weighted by molar-refractivity contribution is 5.96. The second kappa shape index (κ2) is 6.10. The van der Waals surface area contributed by atoms with E-state index >= 15 is 0 Å². The lowest BCUT2D eigenvalue weighted by Gasteiger charge is -2.31. The molecule has 1 unspecified atom stereocenters. The van der Waals surface area contributed by atoms with E-state index in [0.29, 0.717) is 17.9 Å². The molecule has 0 aliphatic carbocycles. The van der Waals surface area contributed by atoms with Gasteiger partial charge in [0.25, 0.3) is 0 Å². The molecule has 1 heterocycles. The Morgan fingerprint density at radius 1 is 1.39 bits per heavy atom. The summed E-state index contributed by atoms with van der Waals surface area (Å²) >= 11 is 0. The molecule has 1 aliphatic heterocycles. The van der Waals surface area contributed by atoms with Crippen molar-refractivity contribution in [2.45, 2.75) is 26.2 Å². The van der Waals surface area contributed by atoms with Crippen molar-refractivity contribution in [1.82, 2.24) is 4.90 Å². The van der Waals surface area contributed by atoms with Crippen LogP contribution in [-0.4, -0.2) is 30.3 Å². The Morgan fingerprint density at radius 2 is 2.11 bits per heavy atom. The third kappa shape index (κ3) is 3.39. The third-order valence-corrected chi connectivity index (χ3v) is 3.69. The molecule has 1 fully saturated rings. The Labute approximate surface area is 108 Å². The van der Waals surface area contributed by atoms with Gasteiger partial charge in [0.1, 0.15) is 5.82 Å². The molecule has 1 aromatic carbocycles. The fraction of sp³-hybridized carbons (Fsp3) is 0.533. The number of likely N-dealkylation sites (tertiary alicyclic amines) is 1. The lowest BCUT2D eigenvalue weighted by Crippen LogP contribution is -2.35. The number of carbonyl (C=O) groups is 1. The van der Waals surface area contributed by atoms with Gasteiger partial charge in [-0.25, -0.2) is 4.39 Å². The molecule has 3 heteroatoms. The molecule has 2 nitrogen and oxygen atoms in total. The first-order valence-electron chi connectivity index (χ1n) is 6.70. The largest absolute Gasteiger partial charge is 0.303 e. The lowest BCUT2D eigenvalue weighted by atomic mass is 9.91. The zero-order chi connectivity index (χ0) is 13.0. The van der Waals surface area contributed by atoms with E-state index in [-0.39, 0.29) is 11.6 Å². The van der Waals surface area contributed by atoms with Gasteiger partial charge in [-0.3, -0.25) is 4.79 Å². The molecular weight excluding hydrogens is 229 g/mol. The van der Waals surface area contributed by atoms with Crippen LogP contribution >= 0.6 is 0 Å². The maximum absolute atomic E-state index is 12.8. The summed E-state index contributed by atoms with van der Waals surface area (Å²) in [5.74, 6) is 0.301. The van der Waals surface area contributed by atoms with Gasteiger partial charge in [0.15, 0.2) is 5.78 Å². The molecule has 0 spiro atoms. The summed E-state index contributed by atoms with van der Waals surface area (Å²) < 4.78 is 12.8. The van der Waals surface area contributed by atoms with Crippen LogP contribution in [-0.2, 0) is 0 Å². The SMILES string of the molecule is CCN1CCCC(CC(=O)c2ccc(F)cc2)C1. The van der Waals surface area contributed by atoms with Crippen LogP contribution in [0.1, 0.15) is 36.5 Å². The number of hydrogen-bond donors (Lipinski definition) is 0. The third-order valence-electron chi connectivity index (χ3n) is 3.69. The van der Waals surface area contributed by atoms with Gasteiger partial charge in [0.2, 0.25) is 0 Å². The van der Waals surface area contributed by atoms with Crippen molar-refractivity contribution in [1.29, 1.82) is 0 Å². The van der Waals surface area contributed by atoms with E-state index in [0.717, 1.165) is 26.1 Å². The molecule has 0 amide bonds. The van der Waals surface area contributed by atoms with Crippen LogP contribution < -0.4 is 0 Å². The van der Waals surface area contributed by atoms with Crippen molar-refractivity contribution in [3.63, 3.8) is 0 Å². The molecule has 0 radical (unpaired) electrons. The van der Waals surface area contributed by atoms with Gasteiger partial charge in [-0.2, -0.15) is 0 Å². The van der Waals surface area contributed by atoms with Crippen molar-refractivity contribution in [3.8, 4) is 0 Å². The maximum Gasteiger partial charge on any atom is 0.163 e. The van der Waals surface area contributed by atoms with E-state index in [1.165, 1.54) is 18.6 Å². The fourth-order valence-corrected chi connectivity index (χ4v) is 2.62. The highest BCUT2D eigenvalue weighted by Gasteiger charge is 2.21. The summed E-state index contributed by atoms with van der Waals surface area (Å²) in [6.45, 7) is 5.38. The van der Waals surface area contributed by atoms with Gasteiger partial charge in [0, 0.05) is 18.5 Å². The van der Waals surface area contributed by atoms with E-state index in [9.17, 15) is 9.18 Å². The van der Waals surface area contributed by atoms with Crippen LogP contribution in [0.15, 0.2) is 24.3 Å². The first kappa shape index (κ1) is 13.2. The van der Waals surface area contributed by atoms with Crippen molar-refractivity contribution < 1.29 is 9.18 Å². The number of ketones is 1. The molecule has 0 bridgehead atoms. The molecule has 1 aliphatic rings. The molecule has 2 rings (SSSR count). The Morgan fingerprint density at radius 3 is 2.78 bits per heavy atom. The molecule has 18 heavy (non-hydrogen) atoms. The van der Waals surface area contributed by atoms with Crippen molar-refractivity contribution in [2.75, 3.05) is 19.6 Å². The number of rotatable bonds is 4.